The normalized spacial score (nSPS) is 10.5. The van der Waals surface area contributed by atoms with Crippen molar-refractivity contribution in [1.29, 1.82) is 0 Å². The molecule has 17 heavy (non-hydrogen) atoms. The summed E-state index contributed by atoms with van der Waals surface area (Å²) in [5, 5.41) is 3.85. The van der Waals surface area contributed by atoms with Gasteiger partial charge in [-0.15, -0.1) is 11.8 Å². The zero-order valence-corrected chi connectivity index (χ0v) is 10.7. The lowest BCUT2D eigenvalue weighted by Crippen LogP contribution is -1.89. The fourth-order valence-corrected chi connectivity index (χ4v) is 2.21. The molecule has 0 radical (unpaired) electrons. The van der Waals surface area contributed by atoms with E-state index in [-0.39, 0.29) is 0 Å². The Morgan fingerprint density at radius 2 is 2.24 bits per heavy atom. The van der Waals surface area contributed by atoms with Gasteiger partial charge in [0.1, 0.15) is 11.5 Å². The van der Waals surface area contributed by atoms with Gasteiger partial charge in [-0.3, -0.25) is 4.98 Å². The Balaban J connectivity index is 1.85. The van der Waals surface area contributed by atoms with Gasteiger partial charge in [0.2, 0.25) is 0 Å². The van der Waals surface area contributed by atoms with Crippen LogP contribution in [0.15, 0.2) is 28.9 Å². The summed E-state index contributed by atoms with van der Waals surface area (Å²) < 4.78 is 10.3. The lowest BCUT2D eigenvalue weighted by molar-refractivity contribution is 0.391. The molecule has 0 saturated carbocycles. The van der Waals surface area contributed by atoms with E-state index < -0.39 is 0 Å². The van der Waals surface area contributed by atoms with Gasteiger partial charge in [-0.25, -0.2) is 0 Å². The molecule has 0 atom stereocenters. The number of methoxy groups -OCH3 is 1. The fraction of sp³-hybridized carbons (Fsp3) is 0.333. The van der Waals surface area contributed by atoms with Crippen molar-refractivity contribution in [2.45, 2.75) is 18.4 Å². The Morgan fingerprint density at radius 3 is 2.94 bits per heavy atom. The predicted molar refractivity (Wildman–Crippen MR) is 67.0 cm³/mol. The molecule has 0 saturated heterocycles. The van der Waals surface area contributed by atoms with Crippen molar-refractivity contribution in [3.63, 3.8) is 0 Å². The van der Waals surface area contributed by atoms with Crippen molar-refractivity contribution in [3.05, 3.63) is 41.5 Å². The van der Waals surface area contributed by atoms with E-state index in [2.05, 4.69) is 10.1 Å². The van der Waals surface area contributed by atoms with Gasteiger partial charge in [-0.05, 0) is 13.0 Å². The molecule has 5 heteroatoms. The van der Waals surface area contributed by atoms with Gasteiger partial charge >= 0.3 is 0 Å². The van der Waals surface area contributed by atoms with Crippen LogP contribution < -0.4 is 4.74 Å². The van der Waals surface area contributed by atoms with Gasteiger partial charge in [-0.2, -0.15) is 0 Å². The van der Waals surface area contributed by atoms with Crippen molar-refractivity contribution in [2.75, 3.05) is 7.11 Å². The highest BCUT2D eigenvalue weighted by molar-refractivity contribution is 7.97. The van der Waals surface area contributed by atoms with Crippen LogP contribution in [0.2, 0.25) is 0 Å². The zero-order valence-electron chi connectivity index (χ0n) is 9.84. The van der Waals surface area contributed by atoms with Gasteiger partial charge in [0.25, 0.3) is 0 Å². The van der Waals surface area contributed by atoms with E-state index in [0.29, 0.717) is 0 Å². The summed E-state index contributed by atoms with van der Waals surface area (Å²) in [7, 11) is 1.66. The van der Waals surface area contributed by atoms with Crippen LogP contribution in [0.5, 0.6) is 5.75 Å². The van der Waals surface area contributed by atoms with E-state index in [0.717, 1.165) is 34.4 Å². The molecule has 0 bridgehead atoms. The first-order chi connectivity index (χ1) is 8.28. The first-order valence-electron chi connectivity index (χ1n) is 5.27. The first-order valence-corrected chi connectivity index (χ1v) is 6.42. The number of aryl methyl sites for hydroxylation is 1. The molecule has 0 spiro atoms. The van der Waals surface area contributed by atoms with Gasteiger partial charge in [0.15, 0.2) is 0 Å². The Kier molecular flexibility index (Phi) is 4.03. The maximum absolute atomic E-state index is 5.15. The van der Waals surface area contributed by atoms with Crippen molar-refractivity contribution >= 4 is 11.8 Å². The number of nitrogens with zero attached hydrogens (tertiary/aromatic N) is 2. The Bertz CT molecular complexity index is 485. The highest BCUT2D eigenvalue weighted by Crippen LogP contribution is 2.19. The lowest BCUT2D eigenvalue weighted by atomic mass is 10.3. The van der Waals surface area contributed by atoms with Crippen molar-refractivity contribution in [3.8, 4) is 5.75 Å². The lowest BCUT2D eigenvalue weighted by Gasteiger charge is -2.02. The molecule has 90 valence electrons. The van der Waals surface area contributed by atoms with Crippen molar-refractivity contribution in [1.82, 2.24) is 10.1 Å². The number of ether oxygens (including phenoxy) is 1. The van der Waals surface area contributed by atoms with E-state index in [1.165, 1.54) is 0 Å². The molecule has 0 amide bonds. The summed E-state index contributed by atoms with van der Waals surface area (Å²) in [4.78, 5) is 4.28. The van der Waals surface area contributed by atoms with Crippen LogP contribution in [0.4, 0.5) is 0 Å². The molecule has 0 aliphatic carbocycles. The molecule has 0 N–H and O–H groups in total. The smallest absolute Gasteiger partial charge is 0.146 e. The Hall–Kier alpha value is -1.49. The third-order valence-electron chi connectivity index (χ3n) is 2.19. The monoisotopic (exact) mass is 250 g/mol. The van der Waals surface area contributed by atoms with E-state index in [1.807, 2.05) is 25.1 Å². The summed E-state index contributed by atoms with van der Waals surface area (Å²) >= 11 is 1.74. The van der Waals surface area contributed by atoms with Crippen molar-refractivity contribution in [2.24, 2.45) is 0 Å². The van der Waals surface area contributed by atoms with Gasteiger partial charge in [0.05, 0.1) is 24.3 Å². The summed E-state index contributed by atoms with van der Waals surface area (Å²) in [6, 6.07) is 5.73. The molecule has 0 unspecified atom stereocenters. The number of pyridine rings is 1. The van der Waals surface area contributed by atoms with E-state index >= 15 is 0 Å². The molecule has 4 nitrogen and oxygen atoms in total. The molecule has 2 aromatic rings. The van der Waals surface area contributed by atoms with Crippen LogP contribution in [0.25, 0.3) is 0 Å². The number of rotatable bonds is 5. The molecule has 0 aliphatic heterocycles. The Labute approximate surface area is 104 Å². The van der Waals surface area contributed by atoms with Crippen LogP contribution in [-0.2, 0) is 11.5 Å². The zero-order chi connectivity index (χ0) is 12.1. The second kappa shape index (κ2) is 5.72. The summed E-state index contributed by atoms with van der Waals surface area (Å²) in [6.45, 7) is 1.92. The molecular weight excluding hydrogens is 236 g/mol. The maximum Gasteiger partial charge on any atom is 0.146 e. The van der Waals surface area contributed by atoms with Crippen LogP contribution in [0.3, 0.4) is 0 Å². The van der Waals surface area contributed by atoms with E-state index in [9.17, 15) is 0 Å². The molecule has 0 aliphatic rings. The van der Waals surface area contributed by atoms with Gasteiger partial charge in [-0.1, -0.05) is 5.16 Å². The minimum Gasteiger partial charge on any atom is -0.497 e. The molecule has 2 rings (SSSR count). The van der Waals surface area contributed by atoms with E-state index in [1.54, 1.807) is 25.1 Å². The van der Waals surface area contributed by atoms with Crippen LogP contribution in [-0.4, -0.2) is 17.3 Å². The van der Waals surface area contributed by atoms with Gasteiger partial charge in [0, 0.05) is 24.1 Å². The number of hydrogen-bond acceptors (Lipinski definition) is 5. The molecular formula is C12H14N2O2S. The van der Waals surface area contributed by atoms with Crippen LogP contribution in [0.1, 0.15) is 17.1 Å². The Morgan fingerprint density at radius 1 is 1.35 bits per heavy atom. The standard InChI is InChI=1S/C12H14N2O2S/c1-9-5-12(16-14-9)8-17-7-10-6-11(15-2)3-4-13-10/h3-6H,7-8H2,1-2H3. The minimum atomic E-state index is 0.805. The SMILES string of the molecule is COc1ccnc(CSCc2cc(C)no2)c1. The highest BCUT2D eigenvalue weighted by atomic mass is 32.2. The minimum absolute atomic E-state index is 0.805. The molecule has 2 heterocycles. The fourth-order valence-electron chi connectivity index (χ4n) is 1.40. The molecule has 0 fully saturated rings. The maximum atomic E-state index is 5.15. The topological polar surface area (TPSA) is 48.2 Å². The predicted octanol–water partition coefficient (Wildman–Crippen LogP) is 2.82. The number of aromatic nitrogens is 2. The van der Waals surface area contributed by atoms with E-state index in [4.69, 9.17) is 9.26 Å². The first kappa shape index (κ1) is 12.0. The molecule has 0 aromatic carbocycles. The van der Waals surface area contributed by atoms with Crippen LogP contribution >= 0.6 is 11.8 Å². The second-order valence-corrected chi connectivity index (χ2v) is 4.60. The summed E-state index contributed by atoms with van der Waals surface area (Å²) in [5.74, 6) is 3.37. The largest absolute Gasteiger partial charge is 0.497 e. The van der Waals surface area contributed by atoms with Crippen LogP contribution in [0, 0.1) is 6.92 Å². The quantitative estimate of drug-likeness (QED) is 0.816. The number of thioether (sulfide) groups is 1. The summed E-state index contributed by atoms with van der Waals surface area (Å²) in [5.41, 5.74) is 1.92. The highest BCUT2D eigenvalue weighted by Gasteiger charge is 2.02. The number of hydrogen-bond donors (Lipinski definition) is 0. The molecule has 2 aromatic heterocycles. The summed E-state index contributed by atoms with van der Waals surface area (Å²) in [6.07, 6.45) is 1.76. The van der Waals surface area contributed by atoms with Crippen molar-refractivity contribution < 1.29 is 9.26 Å². The third-order valence-corrected chi connectivity index (χ3v) is 3.18. The third kappa shape index (κ3) is 3.49. The average Bonchev–Trinajstić information content (AvgIpc) is 2.75. The average molecular weight is 250 g/mol. The van der Waals surface area contributed by atoms with Gasteiger partial charge < -0.3 is 9.26 Å². The second-order valence-electron chi connectivity index (χ2n) is 3.61.